The fraction of sp³-hybridized carbons (Fsp3) is 0.643. The van der Waals surface area contributed by atoms with E-state index >= 15 is 0 Å². The highest BCUT2D eigenvalue weighted by Crippen LogP contribution is 2.31. The number of hydrogen-bond acceptors (Lipinski definition) is 7. The summed E-state index contributed by atoms with van der Waals surface area (Å²) in [4.78, 5) is 9.47. The first kappa shape index (κ1) is 27.3. The molecule has 7 nitrogen and oxygen atoms in total. The summed E-state index contributed by atoms with van der Waals surface area (Å²) in [5.41, 5.74) is 2.58. The van der Waals surface area contributed by atoms with E-state index in [1.54, 1.807) is 13.3 Å². The van der Waals surface area contributed by atoms with Gasteiger partial charge in [0.15, 0.2) is 0 Å². The molecule has 198 valence electrons. The SMILES string of the molecule is COC[C@@H](C)NC1CCC(Cc2cc(-c3cccc(NCC4COCC(C)(C)O4)n3)c(Cl)cn2)CC1. The molecule has 1 saturated heterocycles. The Balaban J connectivity index is 1.34. The molecule has 36 heavy (non-hydrogen) atoms. The highest BCUT2D eigenvalue weighted by atomic mass is 35.5. The van der Waals surface area contributed by atoms with E-state index in [0.29, 0.717) is 42.8 Å². The number of methoxy groups -OCH3 is 1. The molecule has 1 aliphatic carbocycles. The molecule has 0 aromatic carbocycles. The Morgan fingerprint density at radius 2 is 2.03 bits per heavy atom. The summed E-state index contributed by atoms with van der Waals surface area (Å²) in [5, 5.41) is 7.71. The van der Waals surface area contributed by atoms with Gasteiger partial charge in [-0.1, -0.05) is 17.7 Å². The van der Waals surface area contributed by atoms with E-state index in [0.717, 1.165) is 35.8 Å². The van der Waals surface area contributed by atoms with E-state index in [4.69, 9.17) is 30.8 Å². The molecule has 0 radical (unpaired) electrons. The second kappa shape index (κ2) is 12.7. The molecule has 2 N–H and O–H groups in total. The summed E-state index contributed by atoms with van der Waals surface area (Å²) in [6, 6.07) is 9.05. The number of rotatable bonds is 10. The van der Waals surface area contributed by atoms with Gasteiger partial charge in [-0.2, -0.15) is 0 Å². The van der Waals surface area contributed by atoms with Crippen LogP contribution < -0.4 is 10.6 Å². The molecule has 4 rings (SSSR count). The molecule has 1 aliphatic heterocycles. The summed E-state index contributed by atoms with van der Waals surface area (Å²) in [5.74, 6) is 1.44. The number of nitrogens with zero attached hydrogens (tertiary/aromatic N) is 2. The van der Waals surface area contributed by atoms with Crippen molar-refractivity contribution in [1.29, 1.82) is 0 Å². The molecule has 0 bridgehead atoms. The van der Waals surface area contributed by atoms with Gasteiger partial charge in [-0.25, -0.2) is 4.98 Å². The molecule has 2 aromatic rings. The van der Waals surface area contributed by atoms with Gasteiger partial charge in [-0.05, 0) is 77.0 Å². The fourth-order valence-corrected chi connectivity index (χ4v) is 5.48. The minimum absolute atomic E-state index is 0.0104. The Bertz CT molecular complexity index is 981. The predicted octanol–water partition coefficient (Wildman–Crippen LogP) is 5.13. The Morgan fingerprint density at radius 3 is 2.78 bits per heavy atom. The van der Waals surface area contributed by atoms with Crippen molar-refractivity contribution in [3.05, 3.63) is 41.2 Å². The summed E-state index contributed by atoms with van der Waals surface area (Å²) in [6.07, 6.45) is 7.53. The molecule has 3 heterocycles. The molecule has 8 heteroatoms. The minimum Gasteiger partial charge on any atom is -0.383 e. The summed E-state index contributed by atoms with van der Waals surface area (Å²) < 4.78 is 17.0. The lowest BCUT2D eigenvalue weighted by atomic mass is 9.83. The maximum absolute atomic E-state index is 6.57. The molecule has 0 amide bonds. The summed E-state index contributed by atoms with van der Waals surface area (Å²) in [7, 11) is 1.76. The lowest BCUT2D eigenvalue weighted by Crippen LogP contribution is -2.45. The zero-order chi connectivity index (χ0) is 25.5. The van der Waals surface area contributed by atoms with Gasteiger partial charge in [0.1, 0.15) is 5.82 Å². The van der Waals surface area contributed by atoms with E-state index in [1.165, 1.54) is 25.7 Å². The Kier molecular flexibility index (Phi) is 9.58. The third-order valence-electron chi connectivity index (χ3n) is 6.97. The Labute approximate surface area is 220 Å². The standard InChI is InChI=1S/C28H41ClN4O3/c1-19(16-34-4)32-21-10-8-20(9-11-21)12-22-13-24(25(29)15-30-22)26-6-5-7-27(33-26)31-14-23-17-35-18-28(2,3)36-23/h5-7,13,15,19-21,23,32H,8-12,14,16-18H2,1-4H3,(H,31,33)/t19-,20?,21?,23?/m1/s1. The van der Waals surface area contributed by atoms with Gasteiger partial charge in [0.25, 0.3) is 0 Å². The number of nitrogens with one attached hydrogen (secondary N) is 2. The van der Waals surface area contributed by atoms with Crippen LogP contribution in [0.1, 0.15) is 52.1 Å². The first-order chi connectivity index (χ1) is 17.3. The first-order valence-corrected chi connectivity index (χ1v) is 13.6. The van der Waals surface area contributed by atoms with Crippen molar-refractivity contribution < 1.29 is 14.2 Å². The number of anilines is 1. The smallest absolute Gasteiger partial charge is 0.126 e. The van der Waals surface area contributed by atoms with Crippen LogP contribution in [0.25, 0.3) is 11.3 Å². The van der Waals surface area contributed by atoms with E-state index < -0.39 is 0 Å². The van der Waals surface area contributed by atoms with Gasteiger partial charge < -0.3 is 24.8 Å². The quantitative estimate of drug-likeness (QED) is 0.453. The van der Waals surface area contributed by atoms with Crippen LogP contribution in [0.15, 0.2) is 30.5 Å². The van der Waals surface area contributed by atoms with Gasteiger partial charge in [0.2, 0.25) is 0 Å². The van der Waals surface area contributed by atoms with Crippen molar-refractivity contribution in [2.24, 2.45) is 5.92 Å². The lowest BCUT2D eigenvalue weighted by Gasteiger charge is -2.36. The van der Waals surface area contributed by atoms with Crippen molar-refractivity contribution in [3.63, 3.8) is 0 Å². The van der Waals surface area contributed by atoms with Crippen LogP contribution in [0.3, 0.4) is 0 Å². The largest absolute Gasteiger partial charge is 0.383 e. The predicted molar refractivity (Wildman–Crippen MR) is 145 cm³/mol. The van der Waals surface area contributed by atoms with Crippen LogP contribution in [-0.4, -0.2) is 67.2 Å². The molecular weight excluding hydrogens is 476 g/mol. The first-order valence-electron chi connectivity index (χ1n) is 13.2. The number of aromatic nitrogens is 2. The zero-order valence-electron chi connectivity index (χ0n) is 22.1. The van der Waals surface area contributed by atoms with Gasteiger partial charge in [0, 0.05) is 43.2 Å². The normalized spacial score (nSPS) is 24.9. The molecular formula is C28H41ClN4O3. The highest BCUT2D eigenvalue weighted by molar-refractivity contribution is 6.33. The van der Waals surface area contributed by atoms with Gasteiger partial charge in [-0.15, -0.1) is 0 Å². The maximum atomic E-state index is 6.57. The van der Waals surface area contributed by atoms with Crippen LogP contribution in [0.4, 0.5) is 5.82 Å². The van der Waals surface area contributed by atoms with Crippen LogP contribution in [-0.2, 0) is 20.6 Å². The molecule has 2 aromatic heterocycles. The molecule has 2 aliphatic rings. The number of halogens is 1. The van der Waals surface area contributed by atoms with Crippen molar-refractivity contribution in [2.45, 2.75) is 76.7 Å². The minimum atomic E-state index is -0.265. The topological polar surface area (TPSA) is 77.5 Å². The molecule has 2 fully saturated rings. The second-order valence-corrected chi connectivity index (χ2v) is 11.3. The third kappa shape index (κ3) is 7.86. The molecule has 2 atom stereocenters. The van der Waals surface area contributed by atoms with E-state index in [-0.39, 0.29) is 11.7 Å². The van der Waals surface area contributed by atoms with Gasteiger partial charge in [0.05, 0.1) is 42.2 Å². The number of hydrogen-bond donors (Lipinski definition) is 2. The molecule has 1 unspecified atom stereocenters. The van der Waals surface area contributed by atoms with Crippen molar-refractivity contribution >= 4 is 17.4 Å². The van der Waals surface area contributed by atoms with Crippen LogP contribution in [0.2, 0.25) is 5.02 Å². The van der Waals surface area contributed by atoms with Gasteiger partial charge >= 0.3 is 0 Å². The maximum Gasteiger partial charge on any atom is 0.126 e. The fourth-order valence-electron chi connectivity index (χ4n) is 5.28. The lowest BCUT2D eigenvalue weighted by molar-refractivity contribution is -0.177. The van der Waals surface area contributed by atoms with E-state index in [1.807, 2.05) is 32.0 Å². The van der Waals surface area contributed by atoms with Crippen LogP contribution in [0.5, 0.6) is 0 Å². The molecule has 0 spiro atoms. The zero-order valence-corrected chi connectivity index (χ0v) is 22.8. The van der Waals surface area contributed by atoms with Crippen molar-refractivity contribution in [3.8, 4) is 11.3 Å². The average molecular weight is 517 g/mol. The summed E-state index contributed by atoms with van der Waals surface area (Å²) in [6.45, 7) is 8.87. The van der Waals surface area contributed by atoms with Crippen LogP contribution >= 0.6 is 11.6 Å². The van der Waals surface area contributed by atoms with E-state index in [2.05, 4.69) is 28.6 Å². The van der Waals surface area contributed by atoms with Crippen LogP contribution in [0, 0.1) is 5.92 Å². The highest BCUT2D eigenvalue weighted by Gasteiger charge is 2.29. The Hall–Kier alpha value is -1.77. The molecule has 1 saturated carbocycles. The van der Waals surface area contributed by atoms with Crippen molar-refractivity contribution in [1.82, 2.24) is 15.3 Å². The van der Waals surface area contributed by atoms with E-state index in [9.17, 15) is 0 Å². The number of ether oxygens (including phenoxy) is 3. The third-order valence-corrected chi connectivity index (χ3v) is 7.27. The summed E-state index contributed by atoms with van der Waals surface area (Å²) >= 11 is 6.57. The van der Waals surface area contributed by atoms with Crippen molar-refractivity contribution in [2.75, 3.05) is 38.8 Å². The van der Waals surface area contributed by atoms with Gasteiger partial charge in [-0.3, -0.25) is 4.98 Å². The Morgan fingerprint density at radius 1 is 1.22 bits per heavy atom. The number of pyridine rings is 2. The second-order valence-electron chi connectivity index (χ2n) is 10.9. The average Bonchev–Trinajstić information content (AvgIpc) is 2.85. The monoisotopic (exact) mass is 516 g/mol.